The van der Waals surface area contributed by atoms with Crippen LogP contribution in [0, 0.1) is 0 Å². The first-order chi connectivity index (χ1) is 8.72. The van der Waals surface area contributed by atoms with E-state index in [1.54, 1.807) is 16.9 Å². The fourth-order valence-electron chi connectivity index (χ4n) is 1.93. The van der Waals surface area contributed by atoms with Crippen molar-refractivity contribution in [2.45, 2.75) is 6.42 Å². The fraction of sp³-hybridized carbons (Fsp3) is 0.0769. The van der Waals surface area contributed by atoms with Gasteiger partial charge in [-0.15, -0.1) is 0 Å². The molecule has 0 radical (unpaired) electrons. The number of nitrogen functional groups attached to an aromatic ring is 1. The molecule has 0 aliphatic heterocycles. The van der Waals surface area contributed by atoms with Gasteiger partial charge in [-0.05, 0) is 17.7 Å². The van der Waals surface area contributed by atoms with Crippen LogP contribution in [0.5, 0.6) is 0 Å². The highest BCUT2D eigenvalue weighted by molar-refractivity contribution is 9.10. The standard InChI is InChI=1S/C13H11BrN4/c14-11-3-1-2-9(5-11)4-10-6-17-18-8-12(15)7-16-13(10)18/h1-3,5-8H,4,15H2. The molecule has 1 aromatic carbocycles. The number of nitrogens with two attached hydrogens (primary N) is 1. The van der Waals surface area contributed by atoms with Crippen molar-refractivity contribution in [2.24, 2.45) is 0 Å². The lowest BCUT2D eigenvalue weighted by Gasteiger charge is -2.01. The minimum atomic E-state index is 0.611. The van der Waals surface area contributed by atoms with Crippen molar-refractivity contribution >= 4 is 27.3 Å². The summed E-state index contributed by atoms with van der Waals surface area (Å²) in [7, 11) is 0. The van der Waals surface area contributed by atoms with Gasteiger partial charge in [-0.2, -0.15) is 5.10 Å². The average Bonchev–Trinajstić information content (AvgIpc) is 2.72. The number of hydrogen-bond donors (Lipinski definition) is 1. The Balaban J connectivity index is 2.00. The summed E-state index contributed by atoms with van der Waals surface area (Å²) in [5, 5.41) is 4.26. The van der Waals surface area contributed by atoms with E-state index in [1.165, 1.54) is 5.56 Å². The molecule has 0 bridgehead atoms. The van der Waals surface area contributed by atoms with E-state index in [0.717, 1.165) is 22.1 Å². The molecule has 0 unspecified atom stereocenters. The molecule has 18 heavy (non-hydrogen) atoms. The molecule has 90 valence electrons. The zero-order valence-electron chi connectivity index (χ0n) is 9.55. The van der Waals surface area contributed by atoms with Gasteiger partial charge in [0.15, 0.2) is 5.65 Å². The van der Waals surface area contributed by atoms with Crippen molar-refractivity contribution in [1.29, 1.82) is 0 Å². The molecule has 0 spiro atoms. The van der Waals surface area contributed by atoms with Gasteiger partial charge >= 0.3 is 0 Å². The zero-order valence-corrected chi connectivity index (χ0v) is 11.1. The second kappa shape index (κ2) is 4.42. The first kappa shape index (κ1) is 11.2. The van der Waals surface area contributed by atoms with Crippen LogP contribution in [-0.4, -0.2) is 14.6 Å². The third kappa shape index (κ3) is 2.09. The summed E-state index contributed by atoms with van der Waals surface area (Å²) in [6.07, 6.45) is 6.07. The highest BCUT2D eigenvalue weighted by Gasteiger charge is 2.06. The number of fused-ring (bicyclic) bond motifs is 1. The molecule has 0 amide bonds. The highest BCUT2D eigenvalue weighted by Crippen LogP contribution is 2.17. The summed E-state index contributed by atoms with van der Waals surface area (Å²) >= 11 is 3.47. The molecule has 0 atom stereocenters. The maximum Gasteiger partial charge on any atom is 0.158 e. The first-order valence-corrected chi connectivity index (χ1v) is 6.34. The van der Waals surface area contributed by atoms with Gasteiger partial charge in [0.2, 0.25) is 0 Å². The van der Waals surface area contributed by atoms with E-state index in [2.05, 4.69) is 38.1 Å². The summed E-state index contributed by atoms with van der Waals surface area (Å²) in [6, 6.07) is 8.22. The van der Waals surface area contributed by atoms with Crippen molar-refractivity contribution in [3.8, 4) is 0 Å². The minimum absolute atomic E-state index is 0.611. The van der Waals surface area contributed by atoms with E-state index in [1.807, 2.05) is 18.3 Å². The Morgan fingerprint density at radius 1 is 1.28 bits per heavy atom. The lowest BCUT2D eigenvalue weighted by molar-refractivity contribution is 0.942. The second-order valence-corrected chi connectivity index (χ2v) is 5.05. The summed E-state index contributed by atoms with van der Waals surface area (Å²) in [5.74, 6) is 0. The fourth-order valence-corrected chi connectivity index (χ4v) is 2.38. The smallest absolute Gasteiger partial charge is 0.158 e. The van der Waals surface area contributed by atoms with Gasteiger partial charge in [-0.1, -0.05) is 28.1 Å². The van der Waals surface area contributed by atoms with Gasteiger partial charge in [0.1, 0.15) is 0 Å². The molecule has 0 aliphatic carbocycles. The summed E-state index contributed by atoms with van der Waals surface area (Å²) in [5.41, 5.74) is 9.45. The van der Waals surface area contributed by atoms with E-state index in [4.69, 9.17) is 5.73 Å². The van der Waals surface area contributed by atoms with Crippen LogP contribution >= 0.6 is 15.9 Å². The van der Waals surface area contributed by atoms with Crippen LogP contribution < -0.4 is 5.73 Å². The van der Waals surface area contributed by atoms with Gasteiger partial charge in [0, 0.05) is 16.5 Å². The normalized spacial score (nSPS) is 10.9. The van der Waals surface area contributed by atoms with Gasteiger partial charge in [-0.3, -0.25) is 0 Å². The first-order valence-electron chi connectivity index (χ1n) is 5.54. The van der Waals surface area contributed by atoms with E-state index in [0.29, 0.717) is 5.69 Å². The predicted molar refractivity (Wildman–Crippen MR) is 74.3 cm³/mol. The molecule has 0 aliphatic rings. The molecule has 5 heteroatoms. The van der Waals surface area contributed by atoms with Crippen LogP contribution in [0.15, 0.2) is 47.3 Å². The van der Waals surface area contributed by atoms with Crippen molar-refractivity contribution in [1.82, 2.24) is 14.6 Å². The molecule has 4 nitrogen and oxygen atoms in total. The molecule has 2 aromatic heterocycles. The third-order valence-corrected chi connectivity index (χ3v) is 3.23. The van der Waals surface area contributed by atoms with E-state index < -0.39 is 0 Å². The molecular weight excluding hydrogens is 292 g/mol. The van der Waals surface area contributed by atoms with Crippen molar-refractivity contribution in [2.75, 3.05) is 5.73 Å². The highest BCUT2D eigenvalue weighted by atomic mass is 79.9. The number of anilines is 1. The molecule has 3 rings (SSSR count). The third-order valence-electron chi connectivity index (χ3n) is 2.73. The monoisotopic (exact) mass is 302 g/mol. The van der Waals surface area contributed by atoms with Crippen LogP contribution in [-0.2, 0) is 6.42 Å². The Kier molecular flexibility index (Phi) is 2.76. The van der Waals surface area contributed by atoms with Crippen LogP contribution in [0.3, 0.4) is 0 Å². The lowest BCUT2D eigenvalue weighted by atomic mass is 10.1. The van der Waals surface area contributed by atoms with Crippen molar-refractivity contribution in [3.05, 3.63) is 58.5 Å². The largest absolute Gasteiger partial charge is 0.396 e. The van der Waals surface area contributed by atoms with Crippen molar-refractivity contribution < 1.29 is 0 Å². The number of nitrogens with zero attached hydrogens (tertiary/aromatic N) is 3. The van der Waals surface area contributed by atoms with Gasteiger partial charge < -0.3 is 5.73 Å². The Morgan fingerprint density at radius 3 is 3.00 bits per heavy atom. The van der Waals surface area contributed by atoms with Gasteiger partial charge in [-0.25, -0.2) is 9.50 Å². The molecule has 0 saturated carbocycles. The van der Waals surface area contributed by atoms with Crippen LogP contribution in [0.1, 0.15) is 11.1 Å². The Labute approximate surface area is 113 Å². The molecule has 0 fully saturated rings. The number of rotatable bonds is 2. The zero-order chi connectivity index (χ0) is 12.5. The number of halogens is 1. The van der Waals surface area contributed by atoms with E-state index >= 15 is 0 Å². The van der Waals surface area contributed by atoms with Crippen LogP contribution in [0.4, 0.5) is 5.69 Å². The maximum atomic E-state index is 5.68. The van der Waals surface area contributed by atoms with Gasteiger partial charge in [0.05, 0.1) is 24.3 Å². The molecule has 0 saturated heterocycles. The Morgan fingerprint density at radius 2 is 2.17 bits per heavy atom. The minimum Gasteiger partial charge on any atom is -0.396 e. The van der Waals surface area contributed by atoms with Crippen LogP contribution in [0.25, 0.3) is 5.65 Å². The number of aromatic nitrogens is 3. The number of hydrogen-bond acceptors (Lipinski definition) is 3. The van der Waals surface area contributed by atoms with Crippen molar-refractivity contribution in [3.63, 3.8) is 0 Å². The van der Waals surface area contributed by atoms with Crippen LogP contribution in [0.2, 0.25) is 0 Å². The molecule has 2 heterocycles. The molecular formula is C13H11BrN4. The summed E-state index contributed by atoms with van der Waals surface area (Å²) in [4.78, 5) is 4.32. The molecule has 3 aromatic rings. The average molecular weight is 303 g/mol. The summed E-state index contributed by atoms with van der Waals surface area (Å²) < 4.78 is 2.79. The SMILES string of the molecule is Nc1cnc2c(Cc3cccc(Br)c3)cnn2c1. The Bertz CT molecular complexity index is 705. The van der Waals surface area contributed by atoms with E-state index in [9.17, 15) is 0 Å². The number of benzene rings is 1. The topological polar surface area (TPSA) is 56.2 Å². The Hall–Kier alpha value is -1.88. The predicted octanol–water partition coefficient (Wildman–Crippen LogP) is 2.66. The quantitative estimate of drug-likeness (QED) is 0.792. The van der Waals surface area contributed by atoms with Gasteiger partial charge in [0.25, 0.3) is 0 Å². The molecule has 2 N–H and O–H groups in total. The van der Waals surface area contributed by atoms with E-state index in [-0.39, 0.29) is 0 Å². The second-order valence-electron chi connectivity index (χ2n) is 4.13. The maximum absolute atomic E-state index is 5.68. The lowest BCUT2D eigenvalue weighted by Crippen LogP contribution is -1.95. The summed E-state index contributed by atoms with van der Waals surface area (Å²) in [6.45, 7) is 0.